The topological polar surface area (TPSA) is 141 Å². The van der Waals surface area contributed by atoms with Gasteiger partial charge in [0.15, 0.2) is 0 Å². The van der Waals surface area contributed by atoms with Crippen molar-refractivity contribution >= 4 is 40.5 Å². The molecule has 0 spiro atoms. The van der Waals surface area contributed by atoms with Crippen molar-refractivity contribution in [1.29, 1.82) is 0 Å². The molecule has 0 bridgehead atoms. The Morgan fingerprint density at radius 2 is 1.88 bits per heavy atom. The predicted molar refractivity (Wildman–Crippen MR) is 154 cm³/mol. The van der Waals surface area contributed by atoms with E-state index in [-0.39, 0.29) is 11.8 Å². The van der Waals surface area contributed by atoms with Crippen molar-refractivity contribution in [2.45, 2.75) is 78.9 Å². The predicted octanol–water partition coefficient (Wildman–Crippen LogP) is 3.06. The Balaban J connectivity index is 1.65. The molecule has 1 aliphatic heterocycles. The molecular formula is C30H41N5O5. The third-order valence-corrected chi connectivity index (χ3v) is 7.19. The SMILES string of the molecule is CCc1ccc2cnc(/C=C/C(C)(C)C(=O)NC(C(=O)NC(C)C(=O)N3CCCC(C(=O)O)N3)C(C)C)cc2c1. The number of rotatable bonds is 10. The Labute approximate surface area is 235 Å². The van der Waals surface area contributed by atoms with Crippen molar-refractivity contribution in [1.82, 2.24) is 26.1 Å². The molecule has 3 amide bonds. The van der Waals surface area contributed by atoms with Gasteiger partial charge in [-0.05, 0) is 69.0 Å². The van der Waals surface area contributed by atoms with Gasteiger partial charge in [-0.3, -0.25) is 29.2 Å². The van der Waals surface area contributed by atoms with Crippen molar-refractivity contribution in [3.05, 3.63) is 47.8 Å². The number of fused-ring (bicyclic) bond motifs is 1. The first kappa shape index (κ1) is 30.7. The molecule has 1 fully saturated rings. The van der Waals surface area contributed by atoms with Crippen molar-refractivity contribution in [3.8, 4) is 0 Å². The second kappa shape index (κ2) is 13.0. The van der Waals surface area contributed by atoms with Crippen LogP contribution in [0.3, 0.4) is 0 Å². The Kier molecular flexibility index (Phi) is 10.0. The average molecular weight is 552 g/mol. The molecule has 1 aliphatic rings. The first-order valence-corrected chi connectivity index (χ1v) is 13.8. The molecule has 2 aromatic rings. The largest absolute Gasteiger partial charge is 0.480 e. The van der Waals surface area contributed by atoms with Crippen molar-refractivity contribution in [2.75, 3.05) is 6.54 Å². The van der Waals surface area contributed by atoms with Crippen molar-refractivity contribution in [2.24, 2.45) is 11.3 Å². The van der Waals surface area contributed by atoms with Crippen LogP contribution in [0.5, 0.6) is 0 Å². The number of carbonyl (C=O) groups excluding carboxylic acids is 3. The molecule has 1 aromatic heterocycles. The van der Waals surface area contributed by atoms with Gasteiger partial charge in [-0.1, -0.05) is 45.0 Å². The van der Waals surface area contributed by atoms with Gasteiger partial charge in [0.25, 0.3) is 5.91 Å². The number of nitrogens with zero attached hydrogens (tertiary/aromatic N) is 2. The summed E-state index contributed by atoms with van der Waals surface area (Å²) < 4.78 is 0. The number of hydrazine groups is 1. The lowest BCUT2D eigenvalue weighted by atomic mass is 9.90. The van der Waals surface area contributed by atoms with Crippen LogP contribution in [0.1, 0.15) is 65.6 Å². The van der Waals surface area contributed by atoms with Gasteiger partial charge >= 0.3 is 5.97 Å². The van der Waals surface area contributed by atoms with Gasteiger partial charge in [-0.15, -0.1) is 0 Å². The second-order valence-corrected chi connectivity index (χ2v) is 11.3. The van der Waals surface area contributed by atoms with E-state index in [1.165, 1.54) is 17.5 Å². The summed E-state index contributed by atoms with van der Waals surface area (Å²) in [6.45, 7) is 11.1. The summed E-state index contributed by atoms with van der Waals surface area (Å²) in [6.07, 6.45) is 7.28. The molecule has 3 rings (SSSR count). The minimum atomic E-state index is -1.03. The van der Waals surface area contributed by atoms with Crippen LogP contribution in [0.2, 0.25) is 0 Å². The number of carbonyl (C=O) groups is 4. The zero-order valence-electron chi connectivity index (χ0n) is 24.2. The monoisotopic (exact) mass is 551 g/mol. The second-order valence-electron chi connectivity index (χ2n) is 11.3. The average Bonchev–Trinajstić information content (AvgIpc) is 2.93. The number of hydrogen-bond donors (Lipinski definition) is 4. The van der Waals surface area contributed by atoms with E-state index in [9.17, 15) is 24.3 Å². The number of hydrogen-bond acceptors (Lipinski definition) is 6. The van der Waals surface area contributed by atoms with E-state index < -0.39 is 41.3 Å². The van der Waals surface area contributed by atoms with E-state index in [1.54, 1.807) is 26.0 Å². The highest BCUT2D eigenvalue weighted by molar-refractivity contribution is 5.94. The number of pyridine rings is 1. The summed E-state index contributed by atoms with van der Waals surface area (Å²) in [4.78, 5) is 55.1. The summed E-state index contributed by atoms with van der Waals surface area (Å²) >= 11 is 0. The van der Waals surface area contributed by atoms with Crippen molar-refractivity contribution < 1.29 is 24.3 Å². The molecule has 3 atom stereocenters. The summed E-state index contributed by atoms with van der Waals surface area (Å²) in [6, 6.07) is 5.62. The molecule has 4 N–H and O–H groups in total. The lowest BCUT2D eigenvalue weighted by Crippen LogP contribution is -2.61. The van der Waals surface area contributed by atoms with Gasteiger partial charge in [0.1, 0.15) is 18.1 Å². The molecule has 0 aliphatic carbocycles. The maximum Gasteiger partial charge on any atom is 0.322 e. The first-order chi connectivity index (χ1) is 18.8. The van der Waals surface area contributed by atoms with Gasteiger partial charge in [0, 0.05) is 18.1 Å². The molecule has 0 radical (unpaired) electrons. The maximum absolute atomic E-state index is 13.3. The van der Waals surface area contributed by atoms with E-state index in [0.29, 0.717) is 19.4 Å². The van der Waals surface area contributed by atoms with Gasteiger partial charge < -0.3 is 15.7 Å². The Bertz CT molecular complexity index is 1290. The Hall–Kier alpha value is -3.79. The molecule has 40 heavy (non-hydrogen) atoms. The Morgan fingerprint density at radius 1 is 1.15 bits per heavy atom. The molecule has 216 valence electrons. The standard InChI is InChI=1S/C30H41N5O5/c1-7-20-10-11-21-17-31-23(16-22(21)15-20)12-13-30(5,6)29(40)33-25(18(2)3)26(36)32-19(4)27(37)35-14-8-9-24(34-35)28(38)39/h10-13,15-19,24-25,34H,7-9,14H2,1-6H3,(H,32,36)(H,33,40)(H,38,39)/b13-12+. The molecule has 0 saturated carbocycles. The maximum atomic E-state index is 13.3. The highest BCUT2D eigenvalue weighted by atomic mass is 16.4. The molecular weight excluding hydrogens is 510 g/mol. The van der Waals surface area contributed by atoms with Gasteiger partial charge in [0.05, 0.1) is 11.1 Å². The van der Waals surface area contributed by atoms with Crippen LogP contribution in [-0.4, -0.2) is 63.5 Å². The third kappa shape index (κ3) is 7.65. The molecule has 2 heterocycles. The quantitative estimate of drug-likeness (QED) is 0.356. The fourth-order valence-electron chi connectivity index (χ4n) is 4.47. The summed E-state index contributed by atoms with van der Waals surface area (Å²) in [5, 5.41) is 18.1. The van der Waals surface area contributed by atoms with Crippen LogP contribution in [0, 0.1) is 11.3 Å². The van der Waals surface area contributed by atoms with Crippen LogP contribution >= 0.6 is 0 Å². The smallest absolute Gasteiger partial charge is 0.322 e. The van der Waals surface area contributed by atoms with Crippen LogP contribution in [-0.2, 0) is 25.6 Å². The van der Waals surface area contributed by atoms with Gasteiger partial charge in [-0.2, -0.15) is 0 Å². The van der Waals surface area contributed by atoms with E-state index in [4.69, 9.17) is 0 Å². The molecule has 1 aromatic carbocycles. The van der Waals surface area contributed by atoms with Crippen molar-refractivity contribution in [3.63, 3.8) is 0 Å². The molecule has 10 heteroatoms. The highest BCUT2D eigenvalue weighted by Gasteiger charge is 2.34. The van der Waals surface area contributed by atoms with Crippen LogP contribution in [0.15, 0.2) is 36.5 Å². The number of aliphatic carboxylic acids is 1. The fraction of sp³-hybridized carbons (Fsp3) is 0.500. The first-order valence-electron chi connectivity index (χ1n) is 13.8. The lowest BCUT2D eigenvalue weighted by Gasteiger charge is -2.34. The van der Waals surface area contributed by atoms with E-state index in [2.05, 4.69) is 40.1 Å². The third-order valence-electron chi connectivity index (χ3n) is 7.19. The van der Waals surface area contributed by atoms with E-state index >= 15 is 0 Å². The number of aryl methyl sites for hydroxylation is 1. The van der Waals surface area contributed by atoms with Crippen LogP contribution in [0.4, 0.5) is 0 Å². The summed E-state index contributed by atoms with van der Waals surface area (Å²) in [5.41, 5.74) is 3.72. The van der Waals surface area contributed by atoms with E-state index in [1.807, 2.05) is 32.2 Å². The highest BCUT2D eigenvalue weighted by Crippen LogP contribution is 2.22. The minimum absolute atomic E-state index is 0.245. The fourth-order valence-corrected chi connectivity index (χ4v) is 4.47. The zero-order chi connectivity index (χ0) is 29.6. The van der Waals surface area contributed by atoms with Gasteiger partial charge in [-0.25, -0.2) is 5.43 Å². The number of carboxylic acid groups (broad SMARTS) is 1. The normalized spacial score (nSPS) is 17.6. The molecule has 3 unspecified atom stereocenters. The Morgan fingerprint density at radius 3 is 2.52 bits per heavy atom. The summed E-state index contributed by atoms with van der Waals surface area (Å²) in [5.74, 6) is -2.54. The zero-order valence-corrected chi connectivity index (χ0v) is 24.2. The number of amides is 3. The van der Waals surface area contributed by atoms with E-state index in [0.717, 1.165) is 22.9 Å². The number of benzene rings is 1. The number of nitrogens with one attached hydrogen (secondary N) is 3. The number of aromatic nitrogens is 1. The lowest BCUT2D eigenvalue weighted by molar-refractivity contribution is -0.148. The van der Waals surface area contributed by atoms with Crippen LogP contribution in [0.25, 0.3) is 16.8 Å². The molecule has 10 nitrogen and oxygen atoms in total. The summed E-state index contributed by atoms with van der Waals surface area (Å²) in [7, 11) is 0. The van der Waals surface area contributed by atoms with Gasteiger partial charge in [0.2, 0.25) is 11.8 Å². The number of carboxylic acids is 1. The minimum Gasteiger partial charge on any atom is -0.480 e. The molecule has 1 saturated heterocycles. The van der Waals surface area contributed by atoms with Crippen LogP contribution < -0.4 is 16.1 Å².